The Labute approximate surface area is 55.9 Å². The highest BCUT2D eigenvalue weighted by molar-refractivity contribution is 5.61. The van der Waals surface area contributed by atoms with Crippen molar-refractivity contribution in [1.29, 1.82) is 0 Å². The number of hydrogen-bond donors (Lipinski definition) is 1. The van der Waals surface area contributed by atoms with Crippen molar-refractivity contribution in [3.8, 4) is 0 Å². The van der Waals surface area contributed by atoms with Crippen molar-refractivity contribution >= 4 is 6.29 Å². The molecule has 0 aliphatic rings. The van der Waals surface area contributed by atoms with E-state index in [1.165, 1.54) is 0 Å². The lowest BCUT2D eigenvalue weighted by Crippen LogP contribution is -2.28. The zero-order valence-electron chi connectivity index (χ0n) is 6.05. The number of carbonyl (C=O) groups is 1. The molecule has 2 nitrogen and oxygen atoms in total. The Hall–Kier alpha value is -0.370. The molecule has 0 rings (SSSR count). The maximum absolute atomic E-state index is 10.2. The highest BCUT2D eigenvalue weighted by Gasteiger charge is 2.21. The average molecular weight is 130 g/mol. The first-order valence-corrected chi connectivity index (χ1v) is 3.37. The van der Waals surface area contributed by atoms with Crippen LogP contribution in [0.1, 0.15) is 33.1 Å². The first-order chi connectivity index (χ1) is 4.18. The van der Waals surface area contributed by atoms with Crippen LogP contribution in [-0.2, 0) is 4.79 Å². The van der Waals surface area contributed by atoms with Crippen molar-refractivity contribution in [2.45, 2.75) is 38.7 Å². The topological polar surface area (TPSA) is 37.3 Å². The molecule has 0 fully saturated rings. The molecule has 0 bridgehead atoms. The lowest BCUT2D eigenvalue weighted by Gasteiger charge is -2.17. The van der Waals surface area contributed by atoms with Crippen molar-refractivity contribution in [2.75, 3.05) is 0 Å². The molecule has 9 heavy (non-hydrogen) atoms. The van der Waals surface area contributed by atoms with Gasteiger partial charge in [-0.25, -0.2) is 0 Å². The van der Waals surface area contributed by atoms with Crippen molar-refractivity contribution in [3.63, 3.8) is 0 Å². The smallest absolute Gasteiger partial charge is 0.151 e. The lowest BCUT2D eigenvalue weighted by molar-refractivity contribution is -0.125. The summed E-state index contributed by atoms with van der Waals surface area (Å²) in [5.74, 6) is 0. The first kappa shape index (κ1) is 8.63. The Balaban J connectivity index is 3.76. The summed E-state index contributed by atoms with van der Waals surface area (Å²) in [6.45, 7) is 3.76. The van der Waals surface area contributed by atoms with Gasteiger partial charge in [-0.05, 0) is 12.8 Å². The van der Waals surface area contributed by atoms with Crippen LogP contribution in [-0.4, -0.2) is 17.0 Å². The quantitative estimate of drug-likeness (QED) is 0.579. The minimum atomic E-state index is -1.05. The third-order valence-corrected chi connectivity index (χ3v) is 1.51. The van der Waals surface area contributed by atoms with Crippen molar-refractivity contribution in [1.82, 2.24) is 0 Å². The van der Waals surface area contributed by atoms with Crippen LogP contribution in [0.15, 0.2) is 0 Å². The van der Waals surface area contributed by atoms with E-state index >= 15 is 0 Å². The van der Waals surface area contributed by atoms with Crippen LogP contribution in [0, 0.1) is 0 Å². The highest BCUT2D eigenvalue weighted by atomic mass is 16.3. The van der Waals surface area contributed by atoms with Crippen LogP contribution in [0.3, 0.4) is 0 Å². The Morgan fingerprint density at radius 2 is 2.11 bits per heavy atom. The Bertz CT molecular complexity index is 90.9. The Morgan fingerprint density at radius 1 is 1.56 bits per heavy atom. The van der Waals surface area contributed by atoms with Crippen LogP contribution in [0.2, 0.25) is 0 Å². The van der Waals surface area contributed by atoms with E-state index in [0.717, 1.165) is 6.42 Å². The zero-order valence-corrected chi connectivity index (χ0v) is 6.05. The molecule has 0 aromatic carbocycles. The Morgan fingerprint density at radius 3 is 2.22 bits per heavy atom. The molecule has 0 aliphatic carbocycles. The van der Waals surface area contributed by atoms with Gasteiger partial charge in [0, 0.05) is 0 Å². The first-order valence-electron chi connectivity index (χ1n) is 3.37. The van der Waals surface area contributed by atoms with E-state index in [9.17, 15) is 9.90 Å². The predicted molar refractivity (Wildman–Crippen MR) is 36.2 cm³/mol. The zero-order chi connectivity index (χ0) is 7.33. The maximum Gasteiger partial charge on any atom is 0.151 e. The summed E-state index contributed by atoms with van der Waals surface area (Å²) < 4.78 is 0. The van der Waals surface area contributed by atoms with Crippen LogP contribution >= 0.6 is 0 Å². The molecule has 0 aliphatic heterocycles. The molecule has 0 saturated heterocycles. The van der Waals surface area contributed by atoms with E-state index in [0.29, 0.717) is 19.1 Å². The molecule has 1 N–H and O–H groups in total. The summed E-state index contributed by atoms with van der Waals surface area (Å²) in [7, 11) is 0. The molecule has 0 spiro atoms. The average Bonchev–Trinajstić information content (AvgIpc) is 1.89. The molecule has 2 heteroatoms. The van der Waals surface area contributed by atoms with Gasteiger partial charge in [0.2, 0.25) is 0 Å². The summed E-state index contributed by atoms with van der Waals surface area (Å²) in [5.41, 5.74) is -1.05. The Kier molecular flexibility index (Phi) is 3.47. The number of aldehydes is 1. The summed E-state index contributed by atoms with van der Waals surface area (Å²) in [4.78, 5) is 10.2. The number of rotatable bonds is 4. The molecule has 0 aromatic rings. The summed E-state index contributed by atoms with van der Waals surface area (Å²) in [6, 6.07) is 0. The van der Waals surface area contributed by atoms with Gasteiger partial charge in [-0.2, -0.15) is 0 Å². The van der Waals surface area contributed by atoms with Crippen LogP contribution in [0.5, 0.6) is 0 Å². The van der Waals surface area contributed by atoms with Crippen LogP contribution < -0.4 is 0 Å². The fourth-order valence-electron chi connectivity index (χ4n) is 0.752. The second-order valence-corrected chi connectivity index (χ2v) is 2.32. The van der Waals surface area contributed by atoms with E-state index < -0.39 is 5.60 Å². The second-order valence-electron chi connectivity index (χ2n) is 2.32. The molecule has 0 unspecified atom stereocenters. The summed E-state index contributed by atoms with van der Waals surface area (Å²) in [6.07, 6.45) is 2.58. The molecule has 0 aromatic heterocycles. The molecule has 0 amide bonds. The summed E-state index contributed by atoms with van der Waals surface area (Å²) >= 11 is 0. The van der Waals surface area contributed by atoms with Crippen molar-refractivity contribution in [3.05, 3.63) is 0 Å². The van der Waals surface area contributed by atoms with Crippen LogP contribution in [0.25, 0.3) is 0 Å². The predicted octanol–water partition coefficient (Wildman–Crippen LogP) is 1.13. The molecular weight excluding hydrogens is 116 g/mol. The third kappa shape index (κ3) is 2.61. The number of aliphatic hydroxyl groups is 1. The number of hydrogen-bond acceptors (Lipinski definition) is 2. The van der Waals surface area contributed by atoms with E-state index in [-0.39, 0.29) is 0 Å². The fourth-order valence-corrected chi connectivity index (χ4v) is 0.752. The van der Waals surface area contributed by atoms with E-state index in [2.05, 4.69) is 0 Å². The number of carbonyl (C=O) groups excluding carboxylic acids is 1. The second kappa shape index (κ2) is 3.62. The van der Waals surface area contributed by atoms with Gasteiger partial charge in [-0.1, -0.05) is 20.3 Å². The van der Waals surface area contributed by atoms with E-state index in [1.807, 2.05) is 13.8 Å². The largest absolute Gasteiger partial charge is 0.382 e. The standard InChI is InChI=1S/C7H14O2/c1-3-5-7(9,4-2)6-8/h6,9H,3-5H2,1-2H3/t7-/m1/s1. The molecule has 1 atom stereocenters. The fraction of sp³-hybridized carbons (Fsp3) is 0.857. The normalized spacial score (nSPS) is 16.8. The van der Waals surface area contributed by atoms with Gasteiger partial charge in [0.15, 0.2) is 6.29 Å². The third-order valence-electron chi connectivity index (χ3n) is 1.51. The van der Waals surface area contributed by atoms with Crippen molar-refractivity contribution < 1.29 is 9.90 Å². The van der Waals surface area contributed by atoms with Crippen LogP contribution in [0.4, 0.5) is 0 Å². The van der Waals surface area contributed by atoms with Gasteiger partial charge in [0.05, 0.1) is 0 Å². The van der Waals surface area contributed by atoms with Gasteiger partial charge in [-0.3, -0.25) is 0 Å². The monoisotopic (exact) mass is 130 g/mol. The highest BCUT2D eigenvalue weighted by Crippen LogP contribution is 2.12. The van der Waals surface area contributed by atoms with E-state index in [4.69, 9.17) is 0 Å². The summed E-state index contributed by atoms with van der Waals surface area (Å²) in [5, 5.41) is 9.26. The van der Waals surface area contributed by atoms with Gasteiger partial charge in [-0.15, -0.1) is 0 Å². The minimum absolute atomic E-state index is 0.518. The lowest BCUT2D eigenvalue weighted by atomic mass is 9.97. The van der Waals surface area contributed by atoms with Gasteiger partial charge in [0.25, 0.3) is 0 Å². The van der Waals surface area contributed by atoms with Gasteiger partial charge in [0.1, 0.15) is 5.60 Å². The van der Waals surface area contributed by atoms with E-state index in [1.54, 1.807) is 0 Å². The molecule has 0 saturated carbocycles. The SMILES string of the molecule is CCC[C@@](O)(C=O)CC. The molecule has 0 heterocycles. The molecule has 0 radical (unpaired) electrons. The van der Waals surface area contributed by atoms with Gasteiger partial charge >= 0.3 is 0 Å². The maximum atomic E-state index is 10.2. The minimum Gasteiger partial charge on any atom is -0.382 e. The molecular formula is C7H14O2. The molecule has 54 valence electrons. The van der Waals surface area contributed by atoms with Gasteiger partial charge < -0.3 is 9.90 Å². The van der Waals surface area contributed by atoms with Crippen molar-refractivity contribution in [2.24, 2.45) is 0 Å².